The fourth-order valence-corrected chi connectivity index (χ4v) is 9.24. The van der Waals surface area contributed by atoms with Crippen molar-refractivity contribution in [1.29, 1.82) is 0 Å². The minimum atomic E-state index is 0.687. The molecule has 0 bridgehead atoms. The zero-order valence-electron chi connectivity index (χ0n) is 33.2. The number of aromatic nitrogens is 3. The van der Waals surface area contributed by atoms with Crippen molar-refractivity contribution in [3.63, 3.8) is 0 Å². The zero-order chi connectivity index (χ0) is 40.3. The highest BCUT2D eigenvalue weighted by Crippen LogP contribution is 2.41. The monoisotopic (exact) mass is 775 g/mol. The van der Waals surface area contributed by atoms with Crippen LogP contribution in [0.15, 0.2) is 224 Å². The van der Waals surface area contributed by atoms with Crippen LogP contribution in [0.3, 0.4) is 0 Å². The maximum Gasteiger partial charge on any atom is 0.160 e. The Morgan fingerprint density at radius 2 is 0.820 bits per heavy atom. The summed E-state index contributed by atoms with van der Waals surface area (Å²) in [5, 5.41) is 9.94. The largest absolute Gasteiger partial charge is 0.309 e. The molecule has 0 atom stereocenters. The molecule has 10 aromatic carbocycles. The molecular weight excluding hydrogens is 739 g/mol. The highest BCUT2D eigenvalue weighted by atomic mass is 15.0. The van der Waals surface area contributed by atoms with Gasteiger partial charge in [-0.2, -0.15) is 0 Å². The summed E-state index contributed by atoms with van der Waals surface area (Å²) in [5.74, 6) is 0.687. The Hall–Kier alpha value is -8.14. The summed E-state index contributed by atoms with van der Waals surface area (Å²) < 4.78 is 2.36. The second kappa shape index (κ2) is 14.3. The van der Waals surface area contributed by atoms with Gasteiger partial charge in [0, 0.05) is 33.2 Å². The van der Waals surface area contributed by atoms with E-state index in [1.807, 2.05) is 6.07 Å². The van der Waals surface area contributed by atoms with E-state index in [2.05, 4.69) is 223 Å². The summed E-state index contributed by atoms with van der Waals surface area (Å²) in [6, 6.07) is 80.5. The molecule has 284 valence electrons. The van der Waals surface area contributed by atoms with Crippen molar-refractivity contribution in [3.8, 4) is 61.8 Å². The first-order valence-corrected chi connectivity index (χ1v) is 20.8. The molecule has 0 saturated heterocycles. The third-order valence-corrected chi connectivity index (χ3v) is 12.2. The van der Waals surface area contributed by atoms with E-state index in [0.717, 1.165) is 44.8 Å². The fourth-order valence-electron chi connectivity index (χ4n) is 9.24. The topological polar surface area (TPSA) is 30.7 Å². The average Bonchev–Trinajstić information content (AvgIpc) is 3.67. The van der Waals surface area contributed by atoms with Gasteiger partial charge in [-0.25, -0.2) is 9.97 Å². The predicted octanol–water partition coefficient (Wildman–Crippen LogP) is 15.4. The third kappa shape index (κ3) is 5.98. The van der Waals surface area contributed by atoms with E-state index in [-0.39, 0.29) is 0 Å². The van der Waals surface area contributed by atoms with Crippen LogP contribution < -0.4 is 0 Å². The van der Waals surface area contributed by atoms with Crippen LogP contribution in [0.5, 0.6) is 0 Å². The van der Waals surface area contributed by atoms with Crippen LogP contribution in [0.4, 0.5) is 0 Å². The molecule has 61 heavy (non-hydrogen) atoms. The number of hydrogen-bond donors (Lipinski definition) is 0. The Labute approximate surface area is 353 Å². The molecule has 0 aliphatic carbocycles. The average molecular weight is 776 g/mol. The van der Waals surface area contributed by atoms with E-state index in [4.69, 9.17) is 9.97 Å². The lowest BCUT2D eigenvalue weighted by atomic mass is 9.89. The number of hydrogen-bond acceptors (Lipinski definition) is 2. The Morgan fingerprint density at radius 3 is 1.61 bits per heavy atom. The van der Waals surface area contributed by atoms with Gasteiger partial charge in [0.25, 0.3) is 0 Å². The highest BCUT2D eigenvalue weighted by Gasteiger charge is 2.17. The lowest BCUT2D eigenvalue weighted by Gasteiger charge is -2.15. The van der Waals surface area contributed by atoms with Crippen LogP contribution >= 0.6 is 0 Å². The molecule has 0 saturated carbocycles. The first-order valence-electron chi connectivity index (χ1n) is 20.8. The van der Waals surface area contributed by atoms with Crippen LogP contribution in [0.1, 0.15) is 0 Å². The molecule has 0 unspecified atom stereocenters. The van der Waals surface area contributed by atoms with Crippen LogP contribution in [-0.4, -0.2) is 14.5 Å². The van der Waals surface area contributed by atoms with Gasteiger partial charge in [-0.05, 0) is 91.0 Å². The number of para-hydroxylation sites is 2. The van der Waals surface area contributed by atoms with E-state index in [1.165, 1.54) is 65.3 Å². The maximum atomic E-state index is 5.30. The van der Waals surface area contributed by atoms with Gasteiger partial charge < -0.3 is 4.57 Å². The van der Waals surface area contributed by atoms with Gasteiger partial charge in [-0.15, -0.1) is 0 Å². The van der Waals surface area contributed by atoms with E-state index < -0.39 is 0 Å². The lowest BCUT2D eigenvalue weighted by molar-refractivity contribution is 1.17. The number of rotatable bonds is 6. The molecular formula is C58H37N3. The van der Waals surface area contributed by atoms with Crippen molar-refractivity contribution in [2.75, 3.05) is 0 Å². The number of benzene rings is 10. The molecule has 2 heterocycles. The molecule has 12 rings (SSSR count). The molecule has 0 radical (unpaired) electrons. The van der Waals surface area contributed by atoms with Crippen molar-refractivity contribution in [1.82, 2.24) is 14.5 Å². The van der Waals surface area contributed by atoms with Gasteiger partial charge in [-0.1, -0.05) is 188 Å². The predicted molar refractivity (Wildman–Crippen MR) is 256 cm³/mol. The summed E-state index contributed by atoms with van der Waals surface area (Å²) in [5.41, 5.74) is 13.0. The SMILES string of the molecule is c1ccc(-c2ccc(-c3nc(-c4ccc(-c5c6ccccc6cc6c5ccc5ccccc56)cc4)cc(-c4ccc5c6ccccc6n(-c6ccccc6)c5c4)n3)cc2)cc1. The molecule has 0 spiro atoms. The van der Waals surface area contributed by atoms with Crippen LogP contribution in [-0.2, 0) is 0 Å². The fraction of sp³-hybridized carbons (Fsp3) is 0. The van der Waals surface area contributed by atoms with E-state index >= 15 is 0 Å². The van der Waals surface area contributed by atoms with Crippen molar-refractivity contribution in [2.45, 2.75) is 0 Å². The second-order valence-corrected chi connectivity index (χ2v) is 15.8. The normalized spacial score (nSPS) is 11.6. The molecule has 12 aromatic rings. The van der Waals surface area contributed by atoms with Crippen molar-refractivity contribution >= 4 is 54.1 Å². The first kappa shape index (κ1) is 34.9. The lowest BCUT2D eigenvalue weighted by Crippen LogP contribution is -1.97. The Balaban J connectivity index is 1.02. The van der Waals surface area contributed by atoms with E-state index in [9.17, 15) is 0 Å². The van der Waals surface area contributed by atoms with Gasteiger partial charge >= 0.3 is 0 Å². The first-order chi connectivity index (χ1) is 30.2. The van der Waals surface area contributed by atoms with Crippen LogP contribution in [0.2, 0.25) is 0 Å². The Kier molecular flexibility index (Phi) is 8.17. The zero-order valence-corrected chi connectivity index (χ0v) is 33.2. The molecule has 3 nitrogen and oxygen atoms in total. The molecule has 2 aromatic heterocycles. The minimum absolute atomic E-state index is 0.687. The van der Waals surface area contributed by atoms with Crippen molar-refractivity contribution < 1.29 is 0 Å². The van der Waals surface area contributed by atoms with Crippen molar-refractivity contribution in [2.24, 2.45) is 0 Å². The molecule has 0 aliphatic rings. The Morgan fingerprint density at radius 1 is 0.279 bits per heavy atom. The van der Waals surface area contributed by atoms with Crippen LogP contribution in [0, 0.1) is 0 Å². The standard InChI is InChI=1S/C58H37N3/c1-3-13-38(14-4-1)39-23-29-43(30-24-39)58-59-53(37-54(60-58)45-32-33-50-49-21-11-12-22-55(49)61(56(50)36-45)46-17-5-2-6-18-46)41-25-27-42(28-26-41)57-48-20-10-8-16-44(48)35-52-47-19-9-7-15-40(47)31-34-51(52)57/h1-37H. The summed E-state index contributed by atoms with van der Waals surface area (Å²) in [6.07, 6.45) is 0. The quantitative estimate of drug-likeness (QED) is 0.124. The molecule has 0 fully saturated rings. The molecule has 0 amide bonds. The molecule has 0 N–H and O–H groups in total. The van der Waals surface area contributed by atoms with E-state index in [1.54, 1.807) is 0 Å². The van der Waals surface area contributed by atoms with Crippen molar-refractivity contribution in [3.05, 3.63) is 224 Å². The van der Waals surface area contributed by atoms with Gasteiger partial charge in [0.05, 0.1) is 22.4 Å². The third-order valence-electron chi connectivity index (χ3n) is 12.2. The highest BCUT2D eigenvalue weighted by molar-refractivity contribution is 6.20. The summed E-state index contributed by atoms with van der Waals surface area (Å²) in [6.45, 7) is 0. The maximum absolute atomic E-state index is 5.30. The number of fused-ring (bicyclic) bond motifs is 7. The van der Waals surface area contributed by atoms with Crippen LogP contribution in [0.25, 0.3) is 116 Å². The van der Waals surface area contributed by atoms with Gasteiger partial charge in [0.15, 0.2) is 5.82 Å². The van der Waals surface area contributed by atoms with Gasteiger partial charge in [-0.3, -0.25) is 0 Å². The molecule has 3 heteroatoms. The Bertz CT molecular complexity index is 3610. The van der Waals surface area contributed by atoms with E-state index in [0.29, 0.717) is 5.82 Å². The second-order valence-electron chi connectivity index (χ2n) is 15.8. The molecule has 0 aliphatic heterocycles. The summed E-state index contributed by atoms with van der Waals surface area (Å²) >= 11 is 0. The summed E-state index contributed by atoms with van der Waals surface area (Å²) in [4.78, 5) is 10.6. The number of nitrogens with zero attached hydrogens (tertiary/aromatic N) is 3. The van der Waals surface area contributed by atoms with Gasteiger partial charge in [0.1, 0.15) is 0 Å². The minimum Gasteiger partial charge on any atom is -0.309 e. The smallest absolute Gasteiger partial charge is 0.160 e. The van der Waals surface area contributed by atoms with Gasteiger partial charge in [0.2, 0.25) is 0 Å². The summed E-state index contributed by atoms with van der Waals surface area (Å²) in [7, 11) is 0.